The molecule has 0 aliphatic heterocycles. The molecule has 0 bridgehead atoms. The Morgan fingerprint density at radius 3 is 2.71 bits per heavy atom. The van der Waals surface area contributed by atoms with Gasteiger partial charge in [-0.05, 0) is 13.0 Å². The van der Waals surface area contributed by atoms with Crippen LogP contribution in [0.2, 0.25) is 0 Å². The molecule has 1 rings (SSSR count). The maximum absolute atomic E-state index is 12.3. The van der Waals surface area contributed by atoms with Crippen molar-refractivity contribution in [2.45, 2.75) is 26.1 Å². The van der Waals surface area contributed by atoms with Gasteiger partial charge in [0.05, 0.1) is 6.54 Å². The molecule has 0 unspecified atom stereocenters. The fraction of sp³-hybridized carbons (Fsp3) is 0.750. The third kappa shape index (κ3) is 4.84. The van der Waals surface area contributed by atoms with Crippen molar-refractivity contribution in [2.75, 3.05) is 18.5 Å². The molecular weight excluding hydrogens is 255 g/mol. The van der Waals surface area contributed by atoms with Gasteiger partial charge in [-0.2, -0.15) is 13.2 Å². The number of nitrogens with one attached hydrogen (secondary N) is 1. The monoisotopic (exact) mass is 269 g/mol. The van der Waals surface area contributed by atoms with Crippen molar-refractivity contribution in [3.05, 3.63) is 5.69 Å². The number of hydrazine groups is 1. The van der Waals surface area contributed by atoms with E-state index in [4.69, 9.17) is 5.84 Å². The molecule has 9 heteroatoms. The highest BCUT2D eigenvalue weighted by Crippen LogP contribution is 2.21. The minimum atomic E-state index is -4.21. The van der Waals surface area contributed by atoms with Gasteiger partial charge in [0.1, 0.15) is 10.7 Å². The maximum atomic E-state index is 12.3. The summed E-state index contributed by atoms with van der Waals surface area (Å²) < 4.78 is 40.6. The van der Waals surface area contributed by atoms with Crippen LogP contribution in [0.5, 0.6) is 0 Å². The van der Waals surface area contributed by atoms with Gasteiger partial charge in [0, 0.05) is 18.1 Å². The van der Waals surface area contributed by atoms with Crippen LogP contribution >= 0.6 is 11.5 Å². The summed E-state index contributed by atoms with van der Waals surface area (Å²) in [5.74, 6) is 5.21. The number of nitrogens with zero attached hydrogens (tertiary/aromatic N) is 3. The fourth-order valence-electron chi connectivity index (χ4n) is 1.42. The van der Waals surface area contributed by atoms with E-state index in [2.05, 4.69) is 15.0 Å². The lowest BCUT2D eigenvalue weighted by Gasteiger charge is -2.22. The second kappa shape index (κ2) is 6.12. The number of aromatic nitrogens is 2. The summed E-state index contributed by atoms with van der Waals surface area (Å²) in [7, 11) is 0. The lowest BCUT2D eigenvalue weighted by Crippen LogP contribution is -2.34. The van der Waals surface area contributed by atoms with Gasteiger partial charge < -0.3 is 5.43 Å². The van der Waals surface area contributed by atoms with Crippen LogP contribution in [0.15, 0.2) is 0 Å². The molecule has 0 aliphatic carbocycles. The zero-order valence-electron chi connectivity index (χ0n) is 9.29. The average Bonchev–Trinajstić information content (AvgIpc) is 2.63. The molecule has 0 amide bonds. The third-order valence-electron chi connectivity index (χ3n) is 2.00. The molecule has 98 valence electrons. The molecule has 0 aromatic carbocycles. The smallest absolute Gasteiger partial charge is 0.313 e. The van der Waals surface area contributed by atoms with Crippen molar-refractivity contribution in [1.29, 1.82) is 0 Å². The molecule has 0 fully saturated rings. The van der Waals surface area contributed by atoms with Crippen LogP contribution in [-0.2, 0) is 6.54 Å². The van der Waals surface area contributed by atoms with Gasteiger partial charge in [0.15, 0.2) is 0 Å². The van der Waals surface area contributed by atoms with Crippen molar-refractivity contribution < 1.29 is 13.2 Å². The molecule has 0 spiro atoms. The Balaban J connectivity index is 2.66. The second-order valence-electron chi connectivity index (χ2n) is 3.52. The number of hydrogen-bond acceptors (Lipinski definition) is 6. The van der Waals surface area contributed by atoms with Gasteiger partial charge in [-0.3, -0.25) is 4.90 Å². The number of halogens is 3. The summed E-state index contributed by atoms with van der Waals surface area (Å²) in [6.07, 6.45) is -3.58. The number of nitrogens with two attached hydrogens (primary N) is 1. The SMILES string of the molecule is CCCN(Cc1nnsc1NN)CC(F)(F)F. The predicted octanol–water partition coefficient (Wildman–Crippen LogP) is 1.60. The van der Waals surface area contributed by atoms with Crippen LogP contribution in [0.4, 0.5) is 18.2 Å². The zero-order valence-corrected chi connectivity index (χ0v) is 10.1. The van der Waals surface area contributed by atoms with E-state index in [0.717, 1.165) is 11.5 Å². The molecule has 0 aliphatic rings. The summed E-state index contributed by atoms with van der Waals surface area (Å²) in [5.41, 5.74) is 2.81. The summed E-state index contributed by atoms with van der Waals surface area (Å²) >= 11 is 1.02. The van der Waals surface area contributed by atoms with Crippen LogP contribution < -0.4 is 11.3 Å². The summed E-state index contributed by atoms with van der Waals surface area (Å²) in [6, 6.07) is 0. The van der Waals surface area contributed by atoms with Crippen molar-refractivity contribution >= 4 is 16.5 Å². The topological polar surface area (TPSA) is 67.1 Å². The largest absolute Gasteiger partial charge is 0.401 e. The Morgan fingerprint density at radius 2 is 2.18 bits per heavy atom. The molecule has 1 aromatic heterocycles. The number of alkyl halides is 3. The molecule has 0 saturated heterocycles. The van der Waals surface area contributed by atoms with E-state index in [1.807, 2.05) is 6.92 Å². The molecule has 0 saturated carbocycles. The Labute approximate surface area is 101 Å². The number of nitrogen functional groups attached to an aromatic ring is 1. The van der Waals surface area contributed by atoms with E-state index < -0.39 is 12.7 Å². The number of hydrogen-bond donors (Lipinski definition) is 2. The molecule has 1 heterocycles. The highest BCUT2D eigenvalue weighted by molar-refractivity contribution is 7.10. The quantitative estimate of drug-likeness (QED) is 0.606. The summed E-state index contributed by atoms with van der Waals surface area (Å²) in [4.78, 5) is 1.28. The van der Waals surface area contributed by atoms with Crippen LogP contribution in [0.1, 0.15) is 19.0 Å². The highest BCUT2D eigenvalue weighted by Gasteiger charge is 2.31. The molecular formula is C8H14F3N5S. The predicted molar refractivity (Wildman–Crippen MR) is 59.3 cm³/mol. The third-order valence-corrected chi connectivity index (χ3v) is 2.70. The molecule has 0 radical (unpaired) electrons. The normalized spacial score (nSPS) is 12.1. The minimum absolute atomic E-state index is 0.0867. The van der Waals surface area contributed by atoms with Crippen molar-refractivity contribution in [3.63, 3.8) is 0 Å². The summed E-state index contributed by atoms with van der Waals surface area (Å²) in [5, 5.41) is 4.25. The van der Waals surface area contributed by atoms with E-state index in [-0.39, 0.29) is 6.54 Å². The fourth-order valence-corrected chi connectivity index (χ4v) is 1.90. The Kier molecular flexibility index (Phi) is 5.09. The molecule has 3 N–H and O–H groups in total. The average molecular weight is 269 g/mol. The van der Waals surface area contributed by atoms with E-state index >= 15 is 0 Å². The Bertz CT molecular complexity index is 340. The van der Waals surface area contributed by atoms with Crippen LogP contribution in [0, 0.1) is 0 Å². The molecule has 17 heavy (non-hydrogen) atoms. The Hall–Kier alpha value is -0.930. The summed E-state index contributed by atoms with van der Waals surface area (Å²) in [6.45, 7) is 1.30. The van der Waals surface area contributed by atoms with E-state index in [1.54, 1.807) is 0 Å². The van der Waals surface area contributed by atoms with Gasteiger partial charge in [-0.15, -0.1) is 5.10 Å². The van der Waals surface area contributed by atoms with Crippen LogP contribution in [-0.4, -0.2) is 33.8 Å². The van der Waals surface area contributed by atoms with Crippen molar-refractivity contribution in [2.24, 2.45) is 5.84 Å². The van der Waals surface area contributed by atoms with Crippen molar-refractivity contribution in [3.8, 4) is 0 Å². The van der Waals surface area contributed by atoms with Crippen LogP contribution in [0.3, 0.4) is 0 Å². The van der Waals surface area contributed by atoms with Crippen molar-refractivity contribution in [1.82, 2.24) is 14.5 Å². The lowest BCUT2D eigenvalue weighted by molar-refractivity contribution is -0.147. The van der Waals surface area contributed by atoms with E-state index in [0.29, 0.717) is 23.7 Å². The first kappa shape index (κ1) is 14.1. The zero-order chi connectivity index (χ0) is 12.9. The van der Waals surface area contributed by atoms with Gasteiger partial charge in [0.2, 0.25) is 0 Å². The first-order valence-electron chi connectivity index (χ1n) is 5.03. The van der Waals surface area contributed by atoms with Gasteiger partial charge in [-0.1, -0.05) is 11.4 Å². The van der Waals surface area contributed by atoms with E-state index in [9.17, 15) is 13.2 Å². The standard InChI is InChI=1S/C8H14F3N5S/c1-2-3-16(5-8(9,10)11)4-6-7(13-12)17-15-14-6/h13H,2-5,12H2,1H3. The van der Waals surface area contributed by atoms with Gasteiger partial charge in [0.25, 0.3) is 0 Å². The van der Waals surface area contributed by atoms with Gasteiger partial charge >= 0.3 is 6.18 Å². The highest BCUT2D eigenvalue weighted by atomic mass is 32.1. The molecule has 0 atom stereocenters. The van der Waals surface area contributed by atoms with E-state index in [1.165, 1.54) is 4.90 Å². The van der Waals surface area contributed by atoms with Gasteiger partial charge in [-0.25, -0.2) is 5.84 Å². The molecule has 5 nitrogen and oxygen atoms in total. The second-order valence-corrected chi connectivity index (χ2v) is 4.27. The first-order valence-corrected chi connectivity index (χ1v) is 5.80. The number of rotatable bonds is 6. The number of anilines is 1. The minimum Gasteiger partial charge on any atom is -0.313 e. The lowest BCUT2D eigenvalue weighted by atomic mass is 10.3. The first-order chi connectivity index (χ1) is 7.96. The maximum Gasteiger partial charge on any atom is 0.401 e. The Morgan fingerprint density at radius 1 is 1.47 bits per heavy atom. The molecule has 1 aromatic rings. The van der Waals surface area contributed by atoms with Crippen LogP contribution in [0.25, 0.3) is 0 Å².